The summed E-state index contributed by atoms with van der Waals surface area (Å²) in [6.07, 6.45) is -1.73. The molecule has 130 valence electrons. The molecule has 1 aliphatic rings. The Kier molecular flexibility index (Phi) is 4.44. The van der Waals surface area contributed by atoms with Gasteiger partial charge in [0.15, 0.2) is 0 Å². The van der Waals surface area contributed by atoms with Gasteiger partial charge in [-0.15, -0.1) is 5.10 Å². The summed E-state index contributed by atoms with van der Waals surface area (Å²) in [6.45, 7) is 2.07. The fourth-order valence-electron chi connectivity index (χ4n) is 2.98. The van der Waals surface area contributed by atoms with E-state index < -0.39 is 17.7 Å². The molecule has 0 aliphatic carbocycles. The van der Waals surface area contributed by atoms with E-state index >= 15 is 0 Å². The largest absolute Gasteiger partial charge is 0.451 e. The van der Waals surface area contributed by atoms with Crippen LogP contribution < -0.4 is 5.69 Å². The summed E-state index contributed by atoms with van der Waals surface area (Å²) in [6, 6.07) is 5.40. The van der Waals surface area contributed by atoms with Crippen molar-refractivity contribution in [3.63, 3.8) is 0 Å². The zero-order valence-corrected chi connectivity index (χ0v) is 13.2. The van der Waals surface area contributed by atoms with Gasteiger partial charge in [0, 0.05) is 32.9 Å². The molecular weight excluding hydrogens is 323 g/mol. The lowest BCUT2D eigenvalue weighted by atomic mass is 10.1. The van der Waals surface area contributed by atoms with E-state index in [9.17, 15) is 18.0 Å². The van der Waals surface area contributed by atoms with Crippen LogP contribution in [0, 0.1) is 0 Å². The second kappa shape index (κ2) is 6.39. The first-order chi connectivity index (χ1) is 11.4. The zero-order valence-electron chi connectivity index (χ0n) is 13.2. The average Bonchev–Trinajstić information content (AvgIpc) is 2.85. The maximum atomic E-state index is 12.9. The van der Waals surface area contributed by atoms with Gasteiger partial charge in [-0.2, -0.15) is 13.2 Å². The highest BCUT2D eigenvalue weighted by Gasteiger charge is 2.39. The van der Waals surface area contributed by atoms with E-state index in [4.69, 9.17) is 0 Å². The topological polar surface area (TPSA) is 56.0 Å². The Balaban J connectivity index is 1.68. The molecule has 1 fully saturated rings. The first kappa shape index (κ1) is 16.7. The van der Waals surface area contributed by atoms with Crippen molar-refractivity contribution in [2.24, 2.45) is 7.05 Å². The fourth-order valence-corrected chi connectivity index (χ4v) is 2.98. The van der Waals surface area contributed by atoms with Crippen molar-refractivity contribution in [2.75, 3.05) is 13.1 Å². The molecule has 0 N–H and O–H groups in total. The van der Waals surface area contributed by atoms with Crippen LogP contribution in [0.25, 0.3) is 0 Å². The Bertz CT molecular complexity index is 745. The highest BCUT2D eigenvalue weighted by Crippen LogP contribution is 2.28. The van der Waals surface area contributed by atoms with Gasteiger partial charge in [-0.1, -0.05) is 6.07 Å². The SMILES string of the molecule is Cn1c(C(F)(F)F)nn(C2CCN(Cc3ccccn3)CC2)c1=O. The van der Waals surface area contributed by atoms with E-state index in [-0.39, 0.29) is 6.04 Å². The Morgan fingerprint density at radius 3 is 2.50 bits per heavy atom. The molecule has 24 heavy (non-hydrogen) atoms. The highest BCUT2D eigenvalue weighted by molar-refractivity contribution is 5.03. The quantitative estimate of drug-likeness (QED) is 0.855. The van der Waals surface area contributed by atoms with Crippen molar-refractivity contribution in [1.82, 2.24) is 24.2 Å². The Morgan fingerprint density at radius 1 is 1.25 bits per heavy atom. The molecule has 0 spiro atoms. The third kappa shape index (κ3) is 3.35. The second-order valence-electron chi connectivity index (χ2n) is 5.94. The predicted molar refractivity (Wildman–Crippen MR) is 80.3 cm³/mol. The number of nitrogens with zero attached hydrogens (tertiary/aromatic N) is 5. The first-order valence-electron chi connectivity index (χ1n) is 7.71. The maximum absolute atomic E-state index is 12.9. The molecule has 6 nitrogen and oxygen atoms in total. The number of likely N-dealkylation sites (tertiary alicyclic amines) is 1. The highest BCUT2D eigenvalue weighted by atomic mass is 19.4. The van der Waals surface area contributed by atoms with Crippen molar-refractivity contribution in [2.45, 2.75) is 31.6 Å². The lowest BCUT2D eigenvalue weighted by Gasteiger charge is -2.31. The van der Waals surface area contributed by atoms with E-state index in [0.717, 1.165) is 17.4 Å². The summed E-state index contributed by atoms with van der Waals surface area (Å²) < 4.78 is 40.1. The molecule has 3 rings (SSSR count). The smallest absolute Gasteiger partial charge is 0.297 e. The van der Waals surface area contributed by atoms with Crippen LogP contribution in [-0.4, -0.2) is 37.3 Å². The molecule has 2 aromatic heterocycles. The number of rotatable bonds is 3. The molecule has 1 saturated heterocycles. The van der Waals surface area contributed by atoms with Crippen molar-refractivity contribution >= 4 is 0 Å². The van der Waals surface area contributed by atoms with Gasteiger partial charge in [0.25, 0.3) is 0 Å². The number of aromatic nitrogens is 4. The molecule has 0 bridgehead atoms. The van der Waals surface area contributed by atoms with Crippen molar-refractivity contribution in [3.8, 4) is 0 Å². The molecule has 1 aliphatic heterocycles. The zero-order chi connectivity index (χ0) is 17.3. The molecule has 0 unspecified atom stereocenters. The van der Waals surface area contributed by atoms with Crippen LogP contribution in [0.2, 0.25) is 0 Å². The van der Waals surface area contributed by atoms with E-state index in [0.29, 0.717) is 37.0 Å². The summed E-state index contributed by atoms with van der Waals surface area (Å²) in [7, 11) is 1.10. The van der Waals surface area contributed by atoms with Gasteiger partial charge in [0.05, 0.1) is 11.7 Å². The van der Waals surface area contributed by atoms with Gasteiger partial charge in [-0.05, 0) is 25.0 Å². The lowest BCUT2D eigenvalue weighted by Crippen LogP contribution is -2.37. The number of halogens is 3. The summed E-state index contributed by atoms with van der Waals surface area (Å²) in [5.74, 6) is -1.15. The number of alkyl halides is 3. The molecule has 0 aromatic carbocycles. The van der Waals surface area contributed by atoms with Crippen LogP contribution in [0.3, 0.4) is 0 Å². The van der Waals surface area contributed by atoms with Crippen LogP contribution in [0.4, 0.5) is 13.2 Å². The Hall–Kier alpha value is -2.16. The van der Waals surface area contributed by atoms with Crippen LogP contribution in [0.5, 0.6) is 0 Å². The van der Waals surface area contributed by atoms with Gasteiger partial charge in [-0.3, -0.25) is 14.5 Å². The van der Waals surface area contributed by atoms with E-state index in [1.807, 2.05) is 18.2 Å². The van der Waals surface area contributed by atoms with E-state index in [2.05, 4.69) is 15.0 Å². The molecule has 2 aromatic rings. The van der Waals surface area contributed by atoms with Crippen molar-refractivity contribution in [1.29, 1.82) is 0 Å². The van der Waals surface area contributed by atoms with Crippen LogP contribution in [0.1, 0.15) is 30.4 Å². The van der Waals surface area contributed by atoms with E-state index in [1.165, 1.54) is 0 Å². The van der Waals surface area contributed by atoms with Gasteiger partial charge in [0.2, 0.25) is 5.82 Å². The molecular formula is C15H18F3N5O. The Labute approximate surface area is 136 Å². The standard InChI is InChI=1S/C15H18F3N5O/c1-21-13(15(16,17)18)20-23(14(21)24)12-5-8-22(9-6-12)10-11-4-2-3-7-19-11/h2-4,7,12H,5-6,8-10H2,1H3. The van der Waals surface area contributed by atoms with Gasteiger partial charge in [-0.25, -0.2) is 9.48 Å². The van der Waals surface area contributed by atoms with Gasteiger partial charge < -0.3 is 0 Å². The average molecular weight is 341 g/mol. The fraction of sp³-hybridized carbons (Fsp3) is 0.533. The molecule has 3 heterocycles. The minimum atomic E-state index is -4.63. The summed E-state index contributed by atoms with van der Waals surface area (Å²) in [5.41, 5.74) is 0.232. The number of hydrogen-bond acceptors (Lipinski definition) is 4. The summed E-state index contributed by atoms with van der Waals surface area (Å²) >= 11 is 0. The minimum Gasteiger partial charge on any atom is -0.297 e. The Morgan fingerprint density at radius 2 is 1.96 bits per heavy atom. The monoisotopic (exact) mass is 341 g/mol. The summed E-state index contributed by atoms with van der Waals surface area (Å²) in [4.78, 5) is 18.5. The normalized spacial score (nSPS) is 17.3. The van der Waals surface area contributed by atoms with Crippen LogP contribution in [0.15, 0.2) is 29.2 Å². The van der Waals surface area contributed by atoms with Crippen molar-refractivity contribution < 1.29 is 13.2 Å². The lowest BCUT2D eigenvalue weighted by molar-refractivity contribution is -0.147. The molecule has 0 atom stereocenters. The van der Waals surface area contributed by atoms with Crippen LogP contribution in [-0.2, 0) is 19.8 Å². The number of piperidine rings is 1. The predicted octanol–water partition coefficient (Wildman–Crippen LogP) is 1.83. The number of hydrogen-bond donors (Lipinski definition) is 0. The number of pyridine rings is 1. The van der Waals surface area contributed by atoms with Gasteiger partial charge >= 0.3 is 11.9 Å². The van der Waals surface area contributed by atoms with Gasteiger partial charge in [0.1, 0.15) is 0 Å². The van der Waals surface area contributed by atoms with Crippen LogP contribution >= 0.6 is 0 Å². The second-order valence-corrected chi connectivity index (χ2v) is 5.94. The molecule has 0 amide bonds. The molecule has 0 radical (unpaired) electrons. The molecule has 0 saturated carbocycles. The minimum absolute atomic E-state index is 0.306. The third-order valence-corrected chi connectivity index (χ3v) is 4.27. The van der Waals surface area contributed by atoms with Crippen molar-refractivity contribution in [3.05, 3.63) is 46.4 Å². The maximum Gasteiger partial charge on any atom is 0.451 e. The molecule has 9 heteroatoms. The third-order valence-electron chi connectivity index (χ3n) is 4.27. The first-order valence-corrected chi connectivity index (χ1v) is 7.71. The summed E-state index contributed by atoms with van der Waals surface area (Å²) in [5, 5.41) is 3.52. The van der Waals surface area contributed by atoms with E-state index in [1.54, 1.807) is 6.20 Å².